The van der Waals surface area contributed by atoms with Crippen LogP contribution in [0.15, 0.2) is 24.4 Å². The molecule has 0 aliphatic carbocycles. The molecule has 112 valence electrons. The van der Waals surface area contributed by atoms with Crippen molar-refractivity contribution in [1.29, 1.82) is 0 Å². The first-order chi connectivity index (χ1) is 10.1. The molecule has 1 N–H and O–H groups in total. The molecule has 0 saturated heterocycles. The molecule has 0 aliphatic heterocycles. The number of pyridine rings is 1. The lowest BCUT2D eigenvalue weighted by Crippen LogP contribution is -2.14. The zero-order valence-corrected chi connectivity index (χ0v) is 13.1. The predicted molar refractivity (Wildman–Crippen MR) is 84.3 cm³/mol. The summed E-state index contributed by atoms with van der Waals surface area (Å²) in [6, 6.07) is 5.94. The summed E-state index contributed by atoms with van der Waals surface area (Å²) < 4.78 is 5.48. The number of rotatable bonds is 6. The van der Waals surface area contributed by atoms with Crippen LogP contribution in [0.5, 0.6) is 0 Å². The number of ether oxygens (including phenoxy) is 1. The van der Waals surface area contributed by atoms with Gasteiger partial charge in [-0.25, -0.2) is 9.97 Å². The Labute approximate surface area is 125 Å². The maximum Gasteiger partial charge on any atom is 0.223 e. The van der Waals surface area contributed by atoms with Crippen molar-refractivity contribution in [2.45, 2.75) is 33.8 Å². The fourth-order valence-electron chi connectivity index (χ4n) is 2.01. The van der Waals surface area contributed by atoms with E-state index in [1.807, 2.05) is 45.9 Å². The van der Waals surface area contributed by atoms with Gasteiger partial charge in [-0.15, -0.1) is 0 Å². The third-order valence-electron chi connectivity index (χ3n) is 2.99. The van der Waals surface area contributed by atoms with E-state index < -0.39 is 0 Å². The van der Waals surface area contributed by atoms with Crippen LogP contribution in [0.2, 0.25) is 0 Å². The van der Waals surface area contributed by atoms with E-state index in [1.54, 1.807) is 6.20 Å². The lowest BCUT2D eigenvalue weighted by molar-refractivity contribution is 0.0870. The maximum absolute atomic E-state index is 5.48. The molecular weight excluding hydrogens is 264 g/mol. The molecule has 0 bridgehead atoms. The molecule has 2 aromatic heterocycles. The lowest BCUT2D eigenvalue weighted by Gasteiger charge is -2.10. The molecule has 0 unspecified atom stereocenters. The molecule has 0 radical (unpaired) electrons. The third-order valence-corrected chi connectivity index (χ3v) is 2.99. The predicted octanol–water partition coefficient (Wildman–Crippen LogP) is 2.99. The average molecular weight is 286 g/mol. The summed E-state index contributed by atoms with van der Waals surface area (Å²) >= 11 is 0. The minimum atomic E-state index is 0.236. The van der Waals surface area contributed by atoms with E-state index in [0.717, 1.165) is 22.6 Å². The molecule has 0 amide bonds. The largest absolute Gasteiger partial charge is 0.377 e. The summed E-state index contributed by atoms with van der Waals surface area (Å²) in [4.78, 5) is 13.2. The van der Waals surface area contributed by atoms with Crippen LogP contribution in [-0.2, 0) is 4.74 Å². The van der Waals surface area contributed by atoms with Gasteiger partial charge in [0.2, 0.25) is 5.95 Å². The van der Waals surface area contributed by atoms with E-state index >= 15 is 0 Å². The highest BCUT2D eigenvalue weighted by atomic mass is 16.5. The maximum atomic E-state index is 5.48. The molecule has 2 rings (SSSR count). The van der Waals surface area contributed by atoms with Gasteiger partial charge in [-0.05, 0) is 45.9 Å². The van der Waals surface area contributed by atoms with Gasteiger partial charge in [-0.3, -0.25) is 4.98 Å². The molecule has 0 saturated carbocycles. The van der Waals surface area contributed by atoms with Crippen molar-refractivity contribution in [2.75, 3.05) is 18.5 Å². The number of hydrogen-bond acceptors (Lipinski definition) is 5. The van der Waals surface area contributed by atoms with Gasteiger partial charge in [0, 0.05) is 29.7 Å². The Hall–Kier alpha value is -2.01. The summed E-state index contributed by atoms with van der Waals surface area (Å²) in [5, 5.41) is 3.17. The first-order valence-corrected chi connectivity index (χ1v) is 7.19. The van der Waals surface area contributed by atoms with Crippen LogP contribution in [0.1, 0.15) is 25.2 Å². The standard InChI is InChI=1S/C16H22N4O/c1-11(2)21-10-9-18-16-17-8-7-15(20-16)14-6-5-12(3)19-13(14)4/h5-8,11H,9-10H2,1-4H3,(H,17,18,20). The van der Waals surface area contributed by atoms with Crippen molar-refractivity contribution in [1.82, 2.24) is 15.0 Å². The Morgan fingerprint density at radius 3 is 2.67 bits per heavy atom. The van der Waals surface area contributed by atoms with Crippen LogP contribution in [0.3, 0.4) is 0 Å². The number of anilines is 1. The SMILES string of the molecule is Cc1ccc(-c2ccnc(NCCOC(C)C)n2)c(C)n1. The third kappa shape index (κ3) is 4.49. The Morgan fingerprint density at radius 1 is 1.14 bits per heavy atom. The van der Waals surface area contributed by atoms with Gasteiger partial charge in [-0.2, -0.15) is 0 Å². The van der Waals surface area contributed by atoms with Crippen molar-refractivity contribution in [2.24, 2.45) is 0 Å². The molecule has 0 aliphatic rings. The van der Waals surface area contributed by atoms with E-state index in [1.165, 1.54) is 0 Å². The van der Waals surface area contributed by atoms with E-state index in [2.05, 4.69) is 20.3 Å². The van der Waals surface area contributed by atoms with Crippen LogP contribution in [0.25, 0.3) is 11.3 Å². The van der Waals surface area contributed by atoms with Crippen molar-refractivity contribution in [3.63, 3.8) is 0 Å². The highest BCUT2D eigenvalue weighted by Crippen LogP contribution is 2.20. The molecule has 5 nitrogen and oxygen atoms in total. The summed E-state index contributed by atoms with van der Waals surface area (Å²) in [6.07, 6.45) is 1.99. The highest BCUT2D eigenvalue weighted by Gasteiger charge is 2.06. The van der Waals surface area contributed by atoms with Gasteiger partial charge < -0.3 is 10.1 Å². The van der Waals surface area contributed by atoms with E-state index in [-0.39, 0.29) is 6.10 Å². The van der Waals surface area contributed by atoms with Crippen LogP contribution in [0.4, 0.5) is 5.95 Å². The van der Waals surface area contributed by atoms with E-state index in [4.69, 9.17) is 4.74 Å². The Balaban J connectivity index is 2.07. The minimum absolute atomic E-state index is 0.236. The number of aromatic nitrogens is 3. The van der Waals surface area contributed by atoms with Gasteiger partial charge in [-0.1, -0.05) is 0 Å². The zero-order valence-electron chi connectivity index (χ0n) is 13.1. The van der Waals surface area contributed by atoms with Gasteiger partial charge in [0.15, 0.2) is 0 Å². The molecule has 2 heterocycles. The van der Waals surface area contributed by atoms with Crippen LogP contribution < -0.4 is 5.32 Å². The number of aryl methyl sites for hydroxylation is 2. The topological polar surface area (TPSA) is 59.9 Å². The molecule has 5 heteroatoms. The number of hydrogen-bond donors (Lipinski definition) is 1. The van der Waals surface area contributed by atoms with Crippen molar-refractivity contribution >= 4 is 5.95 Å². The highest BCUT2D eigenvalue weighted by molar-refractivity contribution is 5.62. The van der Waals surface area contributed by atoms with Gasteiger partial charge in [0.05, 0.1) is 18.4 Å². The summed E-state index contributed by atoms with van der Waals surface area (Å²) in [7, 11) is 0. The smallest absolute Gasteiger partial charge is 0.223 e. The quantitative estimate of drug-likeness (QED) is 0.827. The second-order valence-corrected chi connectivity index (χ2v) is 5.20. The molecule has 0 atom stereocenters. The number of nitrogens with zero attached hydrogens (tertiary/aromatic N) is 3. The summed E-state index contributed by atoms with van der Waals surface area (Å²) in [5.74, 6) is 0.611. The van der Waals surface area contributed by atoms with Crippen LogP contribution in [-0.4, -0.2) is 34.2 Å². The van der Waals surface area contributed by atoms with Crippen molar-refractivity contribution in [3.05, 3.63) is 35.8 Å². The molecular formula is C16H22N4O. The molecule has 0 fully saturated rings. The minimum Gasteiger partial charge on any atom is -0.377 e. The normalized spacial score (nSPS) is 10.9. The second-order valence-electron chi connectivity index (χ2n) is 5.20. The van der Waals surface area contributed by atoms with Crippen molar-refractivity contribution in [3.8, 4) is 11.3 Å². The average Bonchev–Trinajstić information content (AvgIpc) is 2.44. The number of nitrogens with one attached hydrogen (secondary N) is 1. The lowest BCUT2D eigenvalue weighted by atomic mass is 10.1. The first kappa shape index (κ1) is 15.4. The van der Waals surface area contributed by atoms with E-state index in [9.17, 15) is 0 Å². The van der Waals surface area contributed by atoms with Gasteiger partial charge in [0.1, 0.15) is 0 Å². The zero-order chi connectivity index (χ0) is 15.2. The molecule has 0 aromatic carbocycles. The molecule has 21 heavy (non-hydrogen) atoms. The summed E-state index contributed by atoms with van der Waals surface area (Å²) in [6.45, 7) is 9.34. The Bertz CT molecular complexity index is 599. The monoisotopic (exact) mass is 286 g/mol. The van der Waals surface area contributed by atoms with Crippen molar-refractivity contribution < 1.29 is 4.74 Å². The van der Waals surface area contributed by atoms with Gasteiger partial charge in [0.25, 0.3) is 0 Å². The van der Waals surface area contributed by atoms with E-state index in [0.29, 0.717) is 19.1 Å². The fourth-order valence-corrected chi connectivity index (χ4v) is 2.01. The Morgan fingerprint density at radius 2 is 1.95 bits per heavy atom. The Kier molecular flexibility index (Phi) is 5.22. The first-order valence-electron chi connectivity index (χ1n) is 7.19. The molecule has 0 spiro atoms. The second kappa shape index (κ2) is 7.13. The fraction of sp³-hybridized carbons (Fsp3) is 0.438. The molecule has 2 aromatic rings. The van der Waals surface area contributed by atoms with Crippen LogP contribution >= 0.6 is 0 Å². The van der Waals surface area contributed by atoms with Gasteiger partial charge >= 0.3 is 0 Å². The summed E-state index contributed by atoms with van der Waals surface area (Å²) in [5.41, 5.74) is 3.89. The van der Waals surface area contributed by atoms with Crippen LogP contribution in [0, 0.1) is 13.8 Å².